The maximum atomic E-state index is 12.4. The molecule has 2 aliphatic rings. The van der Waals surface area contributed by atoms with Crippen LogP contribution in [0.2, 0.25) is 0 Å². The normalized spacial score (nSPS) is 20.6. The number of carbonyl (C=O) groups is 1. The Morgan fingerprint density at radius 1 is 1.16 bits per heavy atom. The lowest BCUT2D eigenvalue weighted by atomic mass is 10.1. The lowest BCUT2D eigenvalue weighted by Crippen LogP contribution is -2.49. The molecule has 0 radical (unpaired) electrons. The van der Waals surface area contributed by atoms with Crippen molar-refractivity contribution in [3.05, 3.63) is 35.9 Å². The van der Waals surface area contributed by atoms with Gasteiger partial charge in [0.25, 0.3) is 0 Å². The minimum Gasteiger partial charge on any atom is -0.373 e. The standard InChI is InChI=1S/C20H31N3O2/c1-17(22-11-5-6-12-22)15-21-20(24)23-13-9-19(10-14-23)25-16-18-7-3-2-4-8-18/h2-4,7-8,17,19H,5-6,9-16H2,1H3,(H,21,24). The first-order chi connectivity index (χ1) is 12.2. The second kappa shape index (κ2) is 9.20. The highest BCUT2D eigenvalue weighted by Gasteiger charge is 2.24. The number of nitrogens with zero attached hydrogens (tertiary/aromatic N) is 2. The summed E-state index contributed by atoms with van der Waals surface area (Å²) in [6.07, 6.45) is 4.67. The molecule has 0 aromatic heterocycles. The van der Waals surface area contributed by atoms with Gasteiger partial charge in [-0.15, -0.1) is 0 Å². The molecule has 1 unspecified atom stereocenters. The molecule has 0 spiro atoms. The molecule has 2 fully saturated rings. The number of amides is 2. The van der Waals surface area contributed by atoms with E-state index in [1.807, 2.05) is 23.1 Å². The maximum absolute atomic E-state index is 12.4. The van der Waals surface area contributed by atoms with E-state index in [9.17, 15) is 4.79 Å². The molecule has 5 heteroatoms. The summed E-state index contributed by atoms with van der Waals surface area (Å²) in [6, 6.07) is 10.8. The van der Waals surface area contributed by atoms with Gasteiger partial charge >= 0.3 is 6.03 Å². The molecule has 0 saturated carbocycles. The summed E-state index contributed by atoms with van der Waals surface area (Å²) in [5, 5.41) is 3.11. The second-order valence-corrected chi connectivity index (χ2v) is 7.26. The third kappa shape index (κ3) is 5.44. The highest BCUT2D eigenvalue weighted by Crippen LogP contribution is 2.16. The smallest absolute Gasteiger partial charge is 0.317 e. The predicted molar refractivity (Wildman–Crippen MR) is 99.5 cm³/mol. The fourth-order valence-corrected chi connectivity index (χ4v) is 3.67. The topological polar surface area (TPSA) is 44.8 Å². The monoisotopic (exact) mass is 345 g/mol. The van der Waals surface area contributed by atoms with Gasteiger partial charge in [0.05, 0.1) is 12.7 Å². The van der Waals surface area contributed by atoms with Gasteiger partial charge in [-0.1, -0.05) is 30.3 Å². The van der Waals surface area contributed by atoms with E-state index in [1.54, 1.807) is 0 Å². The van der Waals surface area contributed by atoms with Crippen molar-refractivity contribution in [3.8, 4) is 0 Å². The molecule has 1 atom stereocenters. The van der Waals surface area contributed by atoms with Crippen molar-refractivity contribution in [2.24, 2.45) is 0 Å². The molecule has 0 aliphatic carbocycles. The molecular formula is C20H31N3O2. The lowest BCUT2D eigenvalue weighted by molar-refractivity contribution is 0.00438. The van der Waals surface area contributed by atoms with Crippen molar-refractivity contribution in [1.82, 2.24) is 15.1 Å². The van der Waals surface area contributed by atoms with E-state index in [1.165, 1.54) is 31.5 Å². The zero-order valence-electron chi connectivity index (χ0n) is 15.3. The Kier molecular flexibility index (Phi) is 6.70. The SMILES string of the molecule is CC(CNC(=O)N1CCC(OCc2ccccc2)CC1)N1CCCC1. The Morgan fingerprint density at radius 3 is 2.52 bits per heavy atom. The number of rotatable bonds is 6. The van der Waals surface area contributed by atoms with Crippen molar-refractivity contribution in [2.75, 3.05) is 32.7 Å². The minimum absolute atomic E-state index is 0.0764. The summed E-state index contributed by atoms with van der Waals surface area (Å²) >= 11 is 0. The highest BCUT2D eigenvalue weighted by molar-refractivity contribution is 5.74. The first-order valence-electron chi connectivity index (χ1n) is 9.65. The average molecular weight is 345 g/mol. The van der Waals surface area contributed by atoms with E-state index < -0.39 is 0 Å². The van der Waals surface area contributed by atoms with E-state index in [0.29, 0.717) is 12.6 Å². The van der Waals surface area contributed by atoms with E-state index in [2.05, 4.69) is 29.3 Å². The van der Waals surface area contributed by atoms with Gasteiger partial charge in [0.1, 0.15) is 0 Å². The van der Waals surface area contributed by atoms with Crippen LogP contribution in [0.4, 0.5) is 4.79 Å². The predicted octanol–water partition coefficient (Wildman–Crippen LogP) is 2.86. The van der Waals surface area contributed by atoms with Crippen LogP contribution in [0.1, 0.15) is 38.2 Å². The van der Waals surface area contributed by atoms with Crippen LogP contribution >= 0.6 is 0 Å². The second-order valence-electron chi connectivity index (χ2n) is 7.26. The van der Waals surface area contributed by atoms with Crippen LogP contribution in [-0.4, -0.2) is 60.7 Å². The van der Waals surface area contributed by atoms with Gasteiger partial charge in [-0.05, 0) is 51.3 Å². The van der Waals surface area contributed by atoms with Crippen LogP contribution in [0.5, 0.6) is 0 Å². The summed E-state index contributed by atoms with van der Waals surface area (Å²) in [6.45, 7) is 7.50. The van der Waals surface area contributed by atoms with E-state index in [0.717, 1.165) is 32.5 Å². The van der Waals surface area contributed by atoms with E-state index in [-0.39, 0.29) is 12.1 Å². The molecular weight excluding hydrogens is 314 g/mol. The Labute approximate surface area is 151 Å². The molecule has 0 bridgehead atoms. The van der Waals surface area contributed by atoms with Gasteiger partial charge in [-0.25, -0.2) is 4.79 Å². The Bertz CT molecular complexity index is 523. The zero-order valence-corrected chi connectivity index (χ0v) is 15.3. The van der Waals surface area contributed by atoms with Crippen molar-refractivity contribution in [1.29, 1.82) is 0 Å². The van der Waals surface area contributed by atoms with Crippen molar-refractivity contribution >= 4 is 6.03 Å². The van der Waals surface area contributed by atoms with Crippen LogP contribution in [0.3, 0.4) is 0 Å². The van der Waals surface area contributed by atoms with Gasteiger partial charge in [0.15, 0.2) is 0 Å². The highest BCUT2D eigenvalue weighted by atomic mass is 16.5. The number of likely N-dealkylation sites (tertiary alicyclic amines) is 2. The summed E-state index contributed by atoms with van der Waals surface area (Å²) in [7, 11) is 0. The largest absolute Gasteiger partial charge is 0.373 e. The van der Waals surface area contributed by atoms with Crippen molar-refractivity contribution in [2.45, 2.75) is 51.4 Å². The van der Waals surface area contributed by atoms with Gasteiger partial charge in [-0.3, -0.25) is 4.90 Å². The molecule has 2 aliphatic heterocycles. The molecule has 5 nitrogen and oxygen atoms in total. The Hall–Kier alpha value is -1.59. The number of nitrogens with one attached hydrogen (secondary N) is 1. The molecule has 2 amide bonds. The van der Waals surface area contributed by atoms with E-state index in [4.69, 9.17) is 4.74 Å². The van der Waals surface area contributed by atoms with E-state index >= 15 is 0 Å². The summed E-state index contributed by atoms with van der Waals surface area (Å²) in [4.78, 5) is 16.8. The zero-order chi connectivity index (χ0) is 17.5. The van der Waals surface area contributed by atoms with Crippen molar-refractivity contribution < 1.29 is 9.53 Å². The fraction of sp³-hybridized carbons (Fsp3) is 0.650. The number of carbonyl (C=O) groups excluding carboxylic acids is 1. The Morgan fingerprint density at radius 2 is 1.84 bits per heavy atom. The van der Waals surface area contributed by atoms with Crippen LogP contribution < -0.4 is 5.32 Å². The van der Waals surface area contributed by atoms with Gasteiger partial charge in [-0.2, -0.15) is 0 Å². The maximum Gasteiger partial charge on any atom is 0.317 e. The number of hydrogen-bond donors (Lipinski definition) is 1. The Balaban J connectivity index is 1.33. The third-order valence-electron chi connectivity index (χ3n) is 5.37. The molecule has 2 saturated heterocycles. The van der Waals surface area contributed by atoms with Crippen LogP contribution in [0.15, 0.2) is 30.3 Å². The van der Waals surface area contributed by atoms with Crippen molar-refractivity contribution in [3.63, 3.8) is 0 Å². The number of urea groups is 1. The average Bonchev–Trinajstić information content (AvgIpc) is 3.20. The molecule has 25 heavy (non-hydrogen) atoms. The number of ether oxygens (including phenoxy) is 1. The summed E-state index contributed by atoms with van der Waals surface area (Å²) in [5.74, 6) is 0. The van der Waals surface area contributed by atoms with Crippen LogP contribution in [-0.2, 0) is 11.3 Å². The number of benzene rings is 1. The van der Waals surface area contributed by atoms with Gasteiger partial charge in [0, 0.05) is 25.7 Å². The molecule has 3 rings (SSSR count). The molecule has 1 aromatic rings. The van der Waals surface area contributed by atoms with Gasteiger partial charge < -0.3 is 15.0 Å². The summed E-state index contributed by atoms with van der Waals surface area (Å²) in [5.41, 5.74) is 1.21. The fourth-order valence-electron chi connectivity index (χ4n) is 3.67. The quantitative estimate of drug-likeness (QED) is 0.862. The molecule has 1 N–H and O–H groups in total. The molecule has 2 heterocycles. The summed E-state index contributed by atoms with van der Waals surface area (Å²) < 4.78 is 6.00. The van der Waals surface area contributed by atoms with Gasteiger partial charge in [0.2, 0.25) is 0 Å². The minimum atomic E-state index is 0.0764. The molecule has 1 aromatic carbocycles. The number of hydrogen-bond acceptors (Lipinski definition) is 3. The third-order valence-corrected chi connectivity index (χ3v) is 5.37. The van der Waals surface area contributed by atoms with Crippen LogP contribution in [0.25, 0.3) is 0 Å². The first kappa shape index (κ1) is 18.2. The molecule has 138 valence electrons. The lowest BCUT2D eigenvalue weighted by Gasteiger charge is -2.33. The van der Waals surface area contributed by atoms with Crippen LogP contribution in [0, 0.1) is 0 Å². The number of piperidine rings is 1. The first-order valence-corrected chi connectivity index (χ1v) is 9.65.